The lowest BCUT2D eigenvalue weighted by Gasteiger charge is -2.30. The van der Waals surface area contributed by atoms with E-state index < -0.39 is 12.0 Å². The molecule has 6 rings (SSSR count). The molecule has 0 fully saturated rings. The second kappa shape index (κ2) is 10.9. The number of anilines is 2. The lowest BCUT2D eigenvalue weighted by atomic mass is 9.78. The molecular formula is C32H28N2O5S. The van der Waals surface area contributed by atoms with Crippen molar-refractivity contribution < 1.29 is 23.8 Å². The molecule has 1 aromatic heterocycles. The molecular weight excluding hydrogens is 524 g/mol. The Labute approximate surface area is 236 Å². The quantitative estimate of drug-likeness (QED) is 0.197. The summed E-state index contributed by atoms with van der Waals surface area (Å²) in [5, 5.41) is 8.98. The van der Waals surface area contributed by atoms with E-state index in [1.165, 1.54) is 18.4 Å². The van der Waals surface area contributed by atoms with Gasteiger partial charge in [-0.1, -0.05) is 36.4 Å². The van der Waals surface area contributed by atoms with E-state index in [9.17, 15) is 9.59 Å². The van der Waals surface area contributed by atoms with Gasteiger partial charge in [0.2, 0.25) is 0 Å². The molecule has 2 heterocycles. The molecule has 0 amide bonds. The lowest BCUT2D eigenvalue weighted by Crippen LogP contribution is -2.27. The zero-order chi connectivity index (χ0) is 27.6. The molecule has 0 spiro atoms. The van der Waals surface area contributed by atoms with Crippen molar-refractivity contribution >= 4 is 34.5 Å². The van der Waals surface area contributed by atoms with Gasteiger partial charge in [-0.25, -0.2) is 4.79 Å². The minimum absolute atomic E-state index is 0.0455. The number of benzene rings is 3. The summed E-state index contributed by atoms with van der Waals surface area (Å²) in [4.78, 5) is 26.9. The fourth-order valence-electron chi connectivity index (χ4n) is 5.35. The Kier molecular flexibility index (Phi) is 7.00. The number of carbonyl (C=O) groups excluding carboxylic acids is 2. The number of hydrogen-bond acceptors (Lipinski definition) is 8. The smallest absolute Gasteiger partial charge is 0.353 e. The molecule has 1 aliphatic carbocycles. The van der Waals surface area contributed by atoms with Crippen LogP contribution in [0.1, 0.15) is 45.6 Å². The van der Waals surface area contributed by atoms with Gasteiger partial charge in [0, 0.05) is 17.7 Å². The first-order valence-electron chi connectivity index (χ1n) is 13.0. The van der Waals surface area contributed by atoms with Gasteiger partial charge in [0.1, 0.15) is 10.6 Å². The number of rotatable bonds is 6. The highest BCUT2D eigenvalue weighted by atomic mass is 32.1. The molecule has 0 saturated heterocycles. The summed E-state index contributed by atoms with van der Waals surface area (Å²) in [5.41, 5.74) is 5.33. The molecule has 8 heteroatoms. The van der Waals surface area contributed by atoms with Crippen molar-refractivity contribution in [1.29, 1.82) is 0 Å². The summed E-state index contributed by atoms with van der Waals surface area (Å²) in [6.07, 6.45) is 1.09. The normalized spacial score (nSPS) is 18.0. The van der Waals surface area contributed by atoms with Crippen molar-refractivity contribution in [2.75, 3.05) is 24.9 Å². The number of carbonyl (C=O) groups is 2. The fraction of sp³-hybridized carbons (Fsp3) is 0.188. The van der Waals surface area contributed by atoms with Crippen molar-refractivity contribution in [1.82, 2.24) is 0 Å². The van der Waals surface area contributed by atoms with Crippen LogP contribution in [0, 0.1) is 0 Å². The van der Waals surface area contributed by atoms with Gasteiger partial charge in [-0.2, -0.15) is 0 Å². The number of methoxy groups -OCH3 is 2. The summed E-state index contributed by atoms with van der Waals surface area (Å²) in [6.45, 7) is 0. The molecule has 0 radical (unpaired) electrons. The molecule has 202 valence electrons. The first-order chi connectivity index (χ1) is 19.5. The Morgan fingerprint density at radius 3 is 2.35 bits per heavy atom. The van der Waals surface area contributed by atoms with Crippen LogP contribution in [0.5, 0.6) is 17.2 Å². The van der Waals surface area contributed by atoms with Gasteiger partial charge < -0.3 is 24.8 Å². The molecule has 0 unspecified atom stereocenters. The molecule has 2 N–H and O–H groups in total. The number of allylic oxidation sites excluding steroid dienone is 1. The van der Waals surface area contributed by atoms with E-state index >= 15 is 0 Å². The number of ketones is 1. The third kappa shape index (κ3) is 4.94. The van der Waals surface area contributed by atoms with Crippen LogP contribution in [0.15, 0.2) is 95.5 Å². The topological polar surface area (TPSA) is 85.9 Å². The number of fused-ring (bicyclic) bond motifs is 1. The molecule has 2 aliphatic rings. The maximum atomic E-state index is 13.9. The van der Waals surface area contributed by atoms with Crippen LogP contribution in [-0.2, 0) is 4.79 Å². The fourth-order valence-corrected chi connectivity index (χ4v) is 5.95. The first-order valence-corrected chi connectivity index (χ1v) is 13.9. The van der Waals surface area contributed by atoms with Crippen LogP contribution in [0.2, 0.25) is 0 Å². The first kappa shape index (κ1) is 25.7. The average Bonchev–Trinajstić information content (AvgIpc) is 3.47. The molecule has 4 aromatic rings. The van der Waals surface area contributed by atoms with E-state index in [4.69, 9.17) is 14.2 Å². The van der Waals surface area contributed by atoms with Crippen LogP contribution in [0.4, 0.5) is 11.4 Å². The zero-order valence-electron chi connectivity index (χ0n) is 22.1. The molecule has 2 atom stereocenters. The highest BCUT2D eigenvalue weighted by molar-refractivity contribution is 7.12. The number of para-hydroxylation sites is 2. The van der Waals surface area contributed by atoms with E-state index in [-0.39, 0.29) is 11.7 Å². The highest BCUT2D eigenvalue weighted by Gasteiger charge is 2.36. The minimum Gasteiger partial charge on any atom is -0.497 e. The SMILES string of the molecule is COc1ccc([C@@H]2CC(=O)C3=C(C2)Nc2ccccc2N[C@H]3c2ccc(OC(=O)c3cccs3)c(OC)c2)cc1. The number of ether oxygens (including phenoxy) is 3. The van der Waals surface area contributed by atoms with Gasteiger partial charge in [0.25, 0.3) is 0 Å². The second-order valence-corrected chi connectivity index (χ2v) is 10.7. The summed E-state index contributed by atoms with van der Waals surface area (Å²) >= 11 is 1.32. The highest BCUT2D eigenvalue weighted by Crippen LogP contribution is 2.45. The molecule has 7 nitrogen and oxygen atoms in total. The van der Waals surface area contributed by atoms with Crippen LogP contribution >= 0.6 is 11.3 Å². The van der Waals surface area contributed by atoms with E-state index in [0.717, 1.165) is 33.9 Å². The van der Waals surface area contributed by atoms with Crippen molar-refractivity contribution in [2.45, 2.75) is 24.8 Å². The monoisotopic (exact) mass is 552 g/mol. The molecule has 40 heavy (non-hydrogen) atoms. The Bertz CT molecular complexity index is 1590. The average molecular weight is 553 g/mol. The molecule has 0 bridgehead atoms. The number of Topliss-reactive ketones (excluding diaryl/α,β-unsaturated/α-hetero) is 1. The third-order valence-corrected chi connectivity index (χ3v) is 8.19. The van der Waals surface area contributed by atoms with Crippen molar-refractivity contribution in [2.24, 2.45) is 0 Å². The van der Waals surface area contributed by atoms with Gasteiger partial charge in [0.05, 0.1) is 31.6 Å². The maximum absolute atomic E-state index is 13.9. The molecule has 3 aromatic carbocycles. The minimum atomic E-state index is -0.441. The summed E-state index contributed by atoms with van der Waals surface area (Å²) in [6, 6.07) is 24.4. The molecule has 1 aliphatic heterocycles. The van der Waals surface area contributed by atoms with Gasteiger partial charge >= 0.3 is 5.97 Å². The maximum Gasteiger partial charge on any atom is 0.353 e. The van der Waals surface area contributed by atoms with Crippen LogP contribution in [0.3, 0.4) is 0 Å². The van der Waals surface area contributed by atoms with Crippen LogP contribution in [-0.4, -0.2) is 26.0 Å². The van der Waals surface area contributed by atoms with Crippen LogP contribution < -0.4 is 24.8 Å². The standard InChI is InChI=1S/C32H28N2O5S/c1-37-22-12-9-19(10-13-22)21-16-25-30(26(35)17-21)31(34-24-7-4-3-6-23(24)33-25)20-11-14-27(28(18-20)38-2)39-32(36)29-8-5-15-40-29/h3-15,18,21,31,33-34H,16-17H2,1-2H3/t21-,31-/m0/s1. The van der Waals surface area contributed by atoms with Crippen molar-refractivity contribution in [3.63, 3.8) is 0 Å². The second-order valence-electron chi connectivity index (χ2n) is 9.72. The summed E-state index contributed by atoms with van der Waals surface area (Å²) < 4.78 is 16.6. The van der Waals surface area contributed by atoms with E-state index in [2.05, 4.69) is 10.6 Å². The van der Waals surface area contributed by atoms with Gasteiger partial charge in [0.15, 0.2) is 17.3 Å². The lowest BCUT2D eigenvalue weighted by molar-refractivity contribution is -0.116. The van der Waals surface area contributed by atoms with Gasteiger partial charge in [-0.05, 0) is 71.3 Å². The number of nitrogens with one attached hydrogen (secondary N) is 2. The van der Waals surface area contributed by atoms with E-state index in [0.29, 0.717) is 34.8 Å². The Morgan fingerprint density at radius 2 is 1.62 bits per heavy atom. The van der Waals surface area contributed by atoms with Gasteiger partial charge in [-0.15, -0.1) is 11.3 Å². The number of esters is 1. The predicted molar refractivity (Wildman–Crippen MR) is 156 cm³/mol. The van der Waals surface area contributed by atoms with Gasteiger partial charge in [-0.3, -0.25) is 4.79 Å². The largest absolute Gasteiger partial charge is 0.497 e. The Morgan fingerprint density at radius 1 is 0.850 bits per heavy atom. The Balaban J connectivity index is 1.37. The van der Waals surface area contributed by atoms with Crippen molar-refractivity contribution in [3.8, 4) is 17.2 Å². The van der Waals surface area contributed by atoms with Crippen LogP contribution in [0.25, 0.3) is 0 Å². The third-order valence-electron chi connectivity index (χ3n) is 7.34. The van der Waals surface area contributed by atoms with Crippen molar-refractivity contribution in [3.05, 3.63) is 112 Å². The number of thiophene rings is 1. The van der Waals surface area contributed by atoms with E-state index in [1.807, 2.05) is 66.0 Å². The molecule has 0 saturated carbocycles. The number of hydrogen-bond donors (Lipinski definition) is 2. The Hall–Kier alpha value is -4.56. The summed E-state index contributed by atoms with van der Waals surface area (Å²) in [5.74, 6) is 1.20. The van der Waals surface area contributed by atoms with E-state index in [1.54, 1.807) is 25.3 Å². The summed E-state index contributed by atoms with van der Waals surface area (Å²) in [7, 11) is 3.18. The predicted octanol–water partition coefficient (Wildman–Crippen LogP) is 6.96. The zero-order valence-corrected chi connectivity index (χ0v) is 22.9.